The predicted molar refractivity (Wildman–Crippen MR) is 79.2 cm³/mol. The standard InChI is InChI=1S/C15H24N2O3/c1-6-20-13-8-7-12(9-14(13)19-5)10-17(4)11(2)15(18)16-3/h7-9,11H,6,10H2,1-5H3,(H,16,18)/t11-/m1/s1. The highest BCUT2D eigenvalue weighted by molar-refractivity contribution is 5.80. The number of hydrogen-bond acceptors (Lipinski definition) is 4. The smallest absolute Gasteiger partial charge is 0.236 e. The van der Waals surface area contributed by atoms with E-state index in [9.17, 15) is 4.79 Å². The third kappa shape index (κ3) is 4.13. The third-order valence-electron chi connectivity index (χ3n) is 3.25. The summed E-state index contributed by atoms with van der Waals surface area (Å²) in [4.78, 5) is 13.6. The van der Waals surface area contributed by atoms with Crippen molar-refractivity contribution < 1.29 is 14.3 Å². The summed E-state index contributed by atoms with van der Waals surface area (Å²) >= 11 is 0. The zero-order valence-electron chi connectivity index (χ0n) is 12.9. The van der Waals surface area contributed by atoms with Crippen LogP contribution in [0.5, 0.6) is 11.5 Å². The average molecular weight is 280 g/mol. The number of rotatable bonds is 7. The monoisotopic (exact) mass is 280 g/mol. The maximum atomic E-state index is 11.6. The topological polar surface area (TPSA) is 50.8 Å². The summed E-state index contributed by atoms with van der Waals surface area (Å²) in [7, 11) is 5.19. The summed E-state index contributed by atoms with van der Waals surface area (Å²) in [5.74, 6) is 1.46. The summed E-state index contributed by atoms with van der Waals surface area (Å²) in [6.45, 7) is 5.08. The quantitative estimate of drug-likeness (QED) is 0.825. The first kappa shape index (κ1) is 16.3. The van der Waals surface area contributed by atoms with E-state index in [1.54, 1.807) is 14.2 Å². The van der Waals surface area contributed by atoms with Crippen LogP contribution >= 0.6 is 0 Å². The van der Waals surface area contributed by atoms with Gasteiger partial charge in [-0.2, -0.15) is 0 Å². The number of carbonyl (C=O) groups is 1. The van der Waals surface area contributed by atoms with E-state index in [-0.39, 0.29) is 11.9 Å². The number of ether oxygens (including phenoxy) is 2. The van der Waals surface area contributed by atoms with Gasteiger partial charge in [0.05, 0.1) is 19.8 Å². The van der Waals surface area contributed by atoms with Crippen LogP contribution in [-0.2, 0) is 11.3 Å². The van der Waals surface area contributed by atoms with Gasteiger partial charge in [0.15, 0.2) is 11.5 Å². The molecule has 0 aliphatic heterocycles. The Morgan fingerprint density at radius 1 is 1.40 bits per heavy atom. The summed E-state index contributed by atoms with van der Waals surface area (Å²) in [5.41, 5.74) is 1.07. The molecule has 1 aromatic rings. The molecule has 112 valence electrons. The van der Waals surface area contributed by atoms with Crippen LogP contribution < -0.4 is 14.8 Å². The number of carbonyl (C=O) groups excluding carboxylic acids is 1. The van der Waals surface area contributed by atoms with E-state index >= 15 is 0 Å². The zero-order valence-corrected chi connectivity index (χ0v) is 12.9. The molecule has 0 saturated carbocycles. The summed E-state index contributed by atoms with van der Waals surface area (Å²) in [5, 5.41) is 2.65. The molecular formula is C15H24N2O3. The van der Waals surface area contributed by atoms with Gasteiger partial charge in [0.1, 0.15) is 0 Å². The largest absolute Gasteiger partial charge is 0.493 e. The third-order valence-corrected chi connectivity index (χ3v) is 3.25. The Kier molecular flexibility index (Phi) is 6.31. The van der Waals surface area contributed by atoms with Gasteiger partial charge in [0.25, 0.3) is 0 Å². The Balaban J connectivity index is 2.80. The molecule has 0 aromatic heterocycles. The second-order valence-corrected chi connectivity index (χ2v) is 4.62. The second-order valence-electron chi connectivity index (χ2n) is 4.62. The van der Waals surface area contributed by atoms with Crippen molar-refractivity contribution in [1.29, 1.82) is 0 Å². The second kappa shape index (κ2) is 7.75. The van der Waals surface area contributed by atoms with Crippen LogP contribution in [0, 0.1) is 0 Å². The molecule has 0 aliphatic carbocycles. The van der Waals surface area contributed by atoms with Crippen molar-refractivity contribution in [3.8, 4) is 11.5 Å². The minimum Gasteiger partial charge on any atom is -0.493 e. The fraction of sp³-hybridized carbons (Fsp3) is 0.533. The van der Waals surface area contributed by atoms with Crippen LogP contribution in [0.4, 0.5) is 0 Å². The SMILES string of the molecule is CCOc1ccc(CN(C)[C@H](C)C(=O)NC)cc1OC. The molecule has 0 radical (unpaired) electrons. The predicted octanol–water partition coefficient (Wildman–Crippen LogP) is 1.66. The Morgan fingerprint density at radius 2 is 2.10 bits per heavy atom. The minimum absolute atomic E-state index is 0.00500. The van der Waals surface area contributed by atoms with Crippen LogP contribution in [0.2, 0.25) is 0 Å². The molecule has 0 fully saturated rings. The van der Waals surface area contributed by atoms with E-state index < -0.39 is 0 Å². The summed E-state index contributed by atoms with van der Waals surface area (Å²) in [6, 6.07) is 5.65. The van der Waals surface area contributed by atoms with Crippen LogP contribution in [0.25, 0.3) is 0 Å². The molecule has 0 unspecified atom stereocenters. The molecule has 1 amide bonds. The molecule has 0 spiro atoms. The van der Waals surface area contributed by atoms with E-state index in [0.717, 1.165) is 11.3 Å². The molecule has 5 heteroatoms. The van der Waals surface area contributed by atoms with Crippen molar-refractivity contribution in [3.05, 3.63) is 23.8 Å². The van der Waals surface area contributed by atoms with Gasteiger partial charge < -0.3 is 14.8 Å². The Morgan fingerprint density at radius 3 is 2.65 bits per heavy atom. The fourth-order valence-electron chi connectivity index (χ4n) is 1.92. The van der Waals surface area contributed by atoms with E-state index in [4.69, 9.17) is 9.47 Å². The Hall–Kier alpha value is -1.75. The lowest BCUT2D eigenvalue weighted by molar-refractivity contribution is -0.125. The zero-order chi connectivity index (χ0) is 15.1. The number of nitrogens with zero attached hydrogens (tertiary/aromatic N) is 1. The molecule has 0 aliphatic rings. The van der Waals surface area contributed by atoms with Crippen LogP contribution in [0.1, 0.15) is 19.4 Å². The van der Waals surface area contributed by atoms with Crippen molar-refractivity contribution in [2.24, 2.45) is 0 Å². The van der Waals surface area contributed by atoms with E-state index in [0.29, 0.717) is 18.9 Å². The van der Waals surface area contributed by atoms with Crippen LogP contribution in [0.3, 0.4) is 0 Å². The highest BCUT2D eigenvalue weighted by atomic mass is 16.5. The number of likely N-dealkylation sites (N-methyl/N-ethyl adjacent to an activating group) is 2. The summed E-state index contributed by atoms with van der Waals surface area (Å²) < 4.78 is 10.8. The molecule has 0 heterocycles. The normalized spacial score (nSPS) is 12.1. The van der Waals surface area contributed by atoms with Crippen molar-refractivity contribution in [1.82, 2.24) is 10.2 Å². The minimum atomic E-state index is -0.183. The summed E-state index contributed by atoms with van der Waals surface area (Å²) in [6.07, 6.45) is 0. The van der Waals surface area contributed by atoms with Gasteiger partial charge in [-0.25, -0.2) is 0 Å². The van der Waals surface area contributed by atoms with Gasteiger partial charge in [0.2, 0.25) is 5.91 Å². The van der Waals surface area contributed by atoms with Gasteiger partial charge in [-0.3, -0.25) is 9.69 Å². The molecule has 0 saturated heterocycles. The van der Waals surface area contributed by atoms with Crippen molar-refractivity contribution >= 4 is 5.91 Å². The van der Waals surface area contributed by atoms with Gasteiger partial charge in [-0.1, -0.05) is 6.07 Å². The van der Waals surface area contributed by atoms with Gasteiger partial charge in [-0.05, 0) is 38.6 Å². The van der Waals surface area contributed by atoms with E-state index in [1.807, 2.05) is 44.0 Å². The van der Waals surface area contributed by atoms with E-state index in [1.165, 1.54) is 0 Å². The fourth-order valence-corrected chi connectivity index (χ4v) is 1.92. The number of hydrogen-bond donors (Lipinski definition) is 1. The van der Waals surface area contributed by atoms with Crippen molar-refractivity contribution in [2.45, 2.75) is 26.4 Å². The Bertz CT molecular complexity index is 449. The maximum absolute atomic E-state index is 11.6. The molecular weight excluding hydrogens is 256 g/mol. The molecule has 5 nitrogen and oxygen atoms in total. The highest BCUT2D eigenvalue weighted by Gasteiger charge is 2.17. The van der Waals surface area contributed by atoms with Crippen molar-refractivity contribution in [3.63, 3.8) is 0 Å². The first-order valence-electron chi connectivity index (χ1n) is 6.75. The lowest BCUT2D eigenvalue weighted by Crippen LogP contribution is -2.41. The van der Waals surface area contributed by atoms with Crippen LogP contribution in [0.15, 0.2) is 18.2 Å². The molecule has 1 N–H and O–H groups in total. The first-order chi connectivity index (χ1) is 9.53. The lowest BCUT2D eigenvalue weighted by Gasteiger charge is -2.23. The number of nitrogens with one attached hydrogen (secondary N) is 1. The Labute approximate surface area is 120 Å². The van der Waals surface area contributed by atoms with Crippen molar-refractivity contribution in [2.75, 3.05) is 27.8 Å². The average Bonchev–Trinajstić information content (AvgIpc) is 2.47. The molecule has 1 atom stereocenters. The first-order valence-corrected chi connectivity index (χ1v) is 6.75. The molecule has 20 heavy (non-hydrogen) atoms. The highest BCUT2D eigenvalue weighted by Crippen LogP contribution is 2.28. The van der Waals surface area contributed by atoms with Crippen LogP contribution in [-0.4, -0.2) is 44.7 Å². The maximum Gasteiger partial charge on any atom is 0.236 e. The van der Waals surface area contributed by atoms with Gasteiger partial charge in [0, 0.05) is 13.6 Å². The number of benzene rings is 1. The lowest BCUT2D eigenvalue weighted by atomic mass is 10.1. The molecule has 1 rings (SSSR count). The van der Waals surface area contributed by atoms with E-state index in [2.05, 4.69) is 5.32 Å². The number of methoxy groups -OCH3 is 1. The molecule has 0 bridgehead atoms. The molecule has 1 aromatic carbocycles. The van der Waals surface area contributed by atoms with Gasteiger partial charge in [-0.15, -0.1) is 0 Å². The number of amides is 1. The van der Waals surface area contributed by atoms with Gasteiger partial charge >= 0.3 is 0 Å².